The number of rotatable bonds is 5. The fourth-order valence-electron chi connectivity index (χ4n) is 1.75. The summed E-state index contributed by atoms with van der Waals surface area (Å²) in [5, 5.41) is 2.74. The van der Waals surface area contributed by atoms with Gasteiger partial charge in [-0.1, -0.05) is 18.2 Å². The van der Waals surface area contributed by atoms with Gasteiger partial charge in [-0.2, -0.15) is 0 Å². The molecule has 0 aliphatic rings. The van der Waals surface area contributed by atoms with Crippen LogP contribution in [-0.4, -0.2) is 22.6 Å². The zero-order valence-corrected chi connectivity index (χ0v) is 11.1. The smallest absolute Gasteiger partial charge is 0.253 e. The van der Waals surface area contributed by atoms with Gasteiger partial charge < -0.3 is 10.1 Å². The number of amides is 1. The number of hydrogen-bond acceptors (Lipinski definition) is 4. The molecule has 0 fully saturated rings. The molecular weight excluding hydrogens is 258 g/mol. The molecule has 1 aromatic carbocycles. The molecule has 0 aliphatic heterocycles. The quantitative estimate of drug-likeness (QED) is 0.864. The predicted octanol–water partition coefficient (Wildman–Crippen LogP) is 0.568. The summed E-state index contributed by atoms with van der Waals surface area (Å²) in [5.41, 5.74) is 0.620. The lowest BCUT2D eigenvalue weighted by Gasteiger charge is -2.10. The summed E-state index contributed by atoms with van der Waals surface area (Å²) in [5.74, 6) is 0.456. The van der Waals surface area contributed by atoms with Crippen LogP contribution in [-0.2, 0) is 17.9 Å². The number of nitrogens with one attached hydrogen (secondary N) is 1. The third kappa shape index (κ3) is 3.44. The molecule has 2 rings (SSSR count). The van der Waals surface area contributed by atoms with Crippen LogP contribution in [0.15, 0.2) is 47.7 Å². The molecule has 1 aromatic heterocycles. The van der Waals surface area contributed by atoms with Crippen molar-refractivity contribution in [1.82, 2.24) is 14.9 Å². The summed E-state index contributed by atoms with van der Waals surface area (Å²) < 4.78 is 6.45. The SMILES string of the molecule is COc1ccccc1CNC(=O)Cn1cnccc1=O. The number of aromatic nitrogens is 2. The van der Waals surface area contributed by atoms with Crippen LogP contribution < -0.4 is 15.6 Å². The number of nitrogens with zero attached hydrogens (tertiary/aromatic N) is 2. The molecule has 0 bridgehead atoms. The van der Waals surface area contributed by atoms with Crippen molar-refractivity contribution < 1.29 is 9.53 Å². The molecular formula is C14H15N3O3. The Kier molecular flexibility index (Phi) is 4.49. The van der Waals surface area contributed by atoms with E-state index in [9.17, 15) is 9.59 Å². The van der Waals surface area contributed by atoms with Crippen molar-refractivity contribution in [3.63, 3.8) is 0 Å². The molecule has 0 atom stereocenters. The molecule has 0 aliphatic carbocycles. The Balaban J connectivity index is 1.96. The summed E-state index contributed by atoms with van der Waals surface area (Å²) in [6, 6.07) is 8.74. The third-order valence-electron chi connectivity index (χ3n) is 2.77. The van der Waals surface area contributed by atoms with Crippen LogP contribution in [0.1, 0.15) is 5.56 Å². The second kappa shape index (κ2) is 6.51. The minimum atomic E-state index is -0.258. The summed E-state index contributed by atoms with van der Waals surface area (Å²) >= 11 is 0. The molecule has 104 valence electrons. The number of carbonyl (C=O) groups excluding carboxylic acids is 1. The number of hydrogen-bond donors (Lipinski definition) is 1. The van der Waals surface area contributed by atoms with E-state index in [1.807, 2.05) is 24.3 Å². The van der Waals surface area contributed by atoms with Crippen LogP contribution in [0.2, 0.25) is 0 Å². The maximum atomic E-state index is 11.8. The van der Waals surface area contributed by atoms with Gasteiger partial charge in [-0.05, 0) is 6.07 Å². The molecule has 0 spiro atoms. The maximum Gasteiger partial charge on any atom is 0.253 e. The van der Waals surface area contributed by atoms with Gasteiger partial charge in [-0.25, -0.2) is 4.98 Å². The van der Waals surface area contributed by atoms with Crippen LogP contribution in [0.5, 0.6) is 5.75 Å². The summed E-state index contributed by atoms with van der Waals surface area (Å²) in [6.07, 6.45) is 2.73. The van der Waals surface area contributed by atoms with E-state index in [1.165, 1.54) is 23.2 Å². The molecule has 0 radical (unpaired) electrons. The Morgan fingerprint density at radius 1 is 1.35 bits per heavy atom. The van der Waals surface area contributed by atoms with Gasteiger partial charge in [-0.3, -0.25) is 14.2 Å². The highest BCUT2D eigenvalue weighted by Crippen LogP contribution is 2.16. The van der Waals surface area contributed by atoms with Crippen LogP contribution in [0, 0.1) is 0 Å². The van der Waals surface area contributed by atoms with Gasteiger partial charge in [-0.15, -0.1) is 0 Å². The van der Waals surface area contributed by atoms with E-state index in [0.717, 1.165) is 5.56 Å². The van der Waals surface area contributed by atoms with Crippen molar-refractivity contribution in [2.45, 2.75) is 13.1 Å². The highest BCUT2D eigenvalue weighted by molar-refractivity contribution is 5.75. The van der Waals surface area contributed by atoms with Crippen LogP contribution in [0.25, 0.3) is 0 Å². The maximum absolute atomic E-state index is 11.8. The molecule has 0 unspecified atom stereocenters. The van der Waals surface area contributed by atoms with Crippen molar-refractivity contribution >= 4 is 5.91 Å². The second-order valence-electron chi connectivity index (χ2n) is 4.13. The average molecular weight is 273 g/mol. The molecule has 6 nitrogen and oxygen atoms in total. The second-order valence-corrected chi connectivity index (χ2v) is 4.13. The number of carbonyl (C=O) groups is 1. The van der Waals surface area contributed by atoms with Crippen LogP contribution in [0.3, 0.4) is 0 Å². The van der Waals surface area contributed by atoms with E-state index in [1.54, 1.807) is 7.11 Å². The highest BCUT2D eigenvalue weighted by atomic mass is 16.5. The number of ether oxygens (including phenoxy) is 1. The average Bonchev–Trinajstić information content (AvgIpc) is 2.48. The van der Waals surface area contributed by atoms with Crippen molar-refractivity contribution in [2.75, 3.05) is 7.11 Å². The Morgan fingerprint density at radius 3 is 2.90 bits per heavy atom. The van der Waals surface area contributed by atoms with E-state index in [-0.39, 0.29) is 18.0 Å². The summed E-state index contributed by atoms with van der Waals surface area (Å²) in [4.78, 5) is 27.1. The first kappa shape index (κ1) is 13.8. The van der Waals surface area contributed by atoms with E-state index < -0.39 is 0 Å². The highest BCUT2D eigenvalue weighted by Gasteiger charge is 2.06. The number of benzene rings is 1. The van der Waals surface area contributed by atoms with Crippen LogP contribution in [0.4, 0.5) is 0 Å². The van der Waals surface area contributed by atoms with Gasteiger partial charge in [0.25, 0.3) is 5.56 Å². The molecule has 1 heterocycles. The standard InChI is InChI=1S/C14H15N3O3/c1-20-12-5-3-2-4-11(12)8-16-13(18)9-17-10-15-7-6-14(17)19/h2-7,10H,8-9H2,1H3,(H,16,18). The van der Waals surface area contributed by atoms with E-state index in [0.29, 0.717) is 12.3 Å². The monoisotopic (exact) mass is 273 g/mol. The Morgan fingerprint density at radius 2 is 2.15 bits per heavy atom. The van der Waals surface area contributed by atoms with E-state index >= 15 is 0 Å². The van der Waals surface area contributed by atoms with Gasteiger partial charge in [0, 0.05) is 24.4 Å². The molecule has 6 heteroatoms. The van der Waals surface area contributed by atoms with Gasteiger partial charge in [0.1, 0.15) is 12.3 Å². The van der Waals surface area contributed by atoms with Crippen molar-refractivity contribution in [2.24, 2.45) is 0 Å². The van der Waals surface area contributed by atoms with Crippen molar-refractivity contribution in [1.29, 1.82) is 0 Å². The number of methoxy groups -OCH3 is 1. The molecule has 0 saturated carbocycles. The fourth-order valence-corrected chi connectivity index (χ4v) is 1.75. The first-order valence-corrected chi connectivity index (χ1v) is 6.10. The van der Waals surface area contributed by atoms with Gasteiger partial charge >= 0.3 is 0 Å². The van der Waals surface area contributed by atoms with Gasteiger partial charge in [0.05, 0.1) is 13.4 Å². The summed E-state index contributed by atoms with van der Waals surface area (Å²) in [7, 11) is 1.58. The zero-order valence-electron chi connectivity index (χ0n) is 11.1. The van der Waals surface area contributed by atoms with Crippen molar-refractivity contribution in [3.8, 4) is 5.75 Å². The predicted molar refractivity (Wildman–Crippen MR) is 73.3 cm³/mol. The normalized spacial score (nSPS) is 10.1. The number of para-hydroxylation sites is 1. The molecule has 1 N–H and O–H groups in total. The minimum absolute atomic E-state index is 0.0537. The summed E-state index contributed by atoms with van der Waals surface area (Å²) in [6.45, 7) is 0.291. The largest absolute Gasteiger partial charge is 0.496 e. The van der Waals surface area contributed by atoms with Gasteiger partial charge in [0.2, 0.25) is 5.91 Å². The van der Waals surface area contributed by atoms with Crippen LogP contribution >= 0.6 is 0 Å². The Bertz CT molecular complexity index is 652. The molecule has 2 aromatic rings. The first-order chi connectivity index (χ1) is 9.70. The van der Waals surface area contributed by atoms with E-state index in [2.05, 4.69) is 10.3 Å². The lowest BCUT2D eigenvalue weighted by Crippen LogP contribution is -2.31. The Labute approximate surface area is 116 Å². The minimum Gasteiger partial charge on any atom is -0.496 e. The topological polar surface area (TPSA) is 73.2 Å². The first-order valence-electron chi connectivity index (χ1n) is 6.10. The van der Waals surface area contributed by atoms with E-state index in [4.69, 9.17) is 4.74 Å². The molecule has 20 heavy (non-hydrogen) atoms. The lowest BCUT2D eigenvalue weighted by molar-refractivity contribution is -0.121. The van der Waals surface area contributed by atoms with Gasteiger partial charge in [0.15, 0.2) is 0 Å². The molecule has 1 amide bonds. The lowest BCUT2D eigenvalue weighted by atomic mass is 10.2. The zero-order chi connectivity index (χ0) is 14.4. The third-order valence-corrected chi connectivity index (χ3v) is 2.77. The van der Waals surface area contributed by atoms with Crippen molar-refractivity contribution in [3.05, 3.63) is 58.8 Å². The fraction of sp³-hybridized carbons (Fsp3) is 0.214. The Hall–Kier alpha value is -2.63. The molecule has 0 saturated heterocycles.